The lowest BCUT2D eigenvalue weighted by Gasteiger charge is -2.18. The molecule has 114 valence electrons. The third-order valence-electron chi connectivity index (χ3n) is 2.94. The smallest absolute Gasteiger partial charge is 0.317 e. The highest BCUT2D eigenvalue weighted by molar-refractivity contribution is 8.00. The molecule has 0 amide bonds. The Kier molecular flexibility index (Phi) is 7.77. The number of alkyl halides is 3. The Balaban J connectivity index is 2.53. The van der Waals surface area contributed by atoms with Gasteiger partial charge in [0, 0.05) is 10.8 Å². The molecule has 1 aromatic rings. The Hall–Kier alpha value is -0.390. The van der Waals surface area contributed by atoms with Crippen LogP contribution in [0.2, 0.25) is 5.02 Å². The van der Waals surface area contributed by atoms with E-state index in [-0.39, 0.29) is 23.4 Å². The quantitative estimate of drug-likeness (QED) is 0.740. The van der Waals surface area contributed by atoms with Crippen molar-refractivity contribution in [3.63, 3.8) is 0 Å². The van der Waals surface area contributed by atoms with Gasteiger partial charge in [-0.15, -0.1) is 0 Å². The number of benzene rings is 1. The van der Waals surface area contributed by atoms with Gasteiger partial charge in [0.25, 0.3) is 0 Å². The zero-order valence-electron chi connectivity index (χ0n) is 11.3. The highest BCUT2D eigenvalue weighted by atomic mass is 35.5. The van der Waals surface area contributed by atoms with Crippen LogP contribution in [0.25, 0.3) is 0 Å². The minimum Gasteiger partial charge on any atom is -0.317 e. The van der Waals surface area contributed by atoms with Gasteiger partial charge in [-0.2, -0.15) is 13.2 Å². The van der Waals surface area contributed by atoms with E-state index in [9.17, 15) is 13.2 Å². The number of halogens is 4. The van der Waals surface area contributed by atoms with Crippen LogP contribution in [0.4, 0.5) is 13.2 Å². The van der Waals surface area contributed by atoms with Crippen LogP contribution in [0.3, 0.4) is 0 Å². The molecule has 0 saturated heterocycles. The molecule has 0 spiro atoms. The molecule has 1 atom stereocenters. The summed E-state index contributed by atoms with van der Waals surface area (Å²) in [7, 11) is 0. The van der Waals surface area contributed by atoms with E-state index in [0.717, 1.165) is 12.1 Å². The number of rotatable bonds is 8. The van der Waals surface area contributed by atoms with Crippen molar-refractivity contribution in [1.82, 2.24) is 5.32 Å². The lowest BCUT2D eigenvalue weighted by atomic mass is 9.97. The second-order valence-electron chi connectivity index (χ2n) is 4.55. The maximum atomic E-state index is 12.2. The average Bonchev–Trinajstić information content (AvgIpc) is 2.36. The van der Waals surface area contributed by atoms with Gasteiger partial charge in [0.15, 0.2) is 0 Å². The minimum atomic E-state index is -4.15. The first-order valence-corrected chi connectivity index (χ1v) is 7.93. The van der Waals surface area contributed by atoms with Crippen molar-refractivity contribution in [3.8, 4) is 0 Å². The predicted molar refractivity (Wildman–Crippen MR) is 80.3 cm³/mol. The number of nitrogens with one attached hydrogen (secondary N) is 1. The van der Waals surface area contributed by atoms with E-state index in [0.29, 0.717) is 24.4 Å². The Morgan fingerprint density at radius 2 is 2.00 bits per heavy atom. The molecular formula is C14H19ClF3NS. The first-order chi connectivity index (χ1) is 9.42. The molecule has 0 aliphatic carbocycles. The Morgan fingerprint density at radius 1 is 1.30 bits per heavy atom. The summed E-state index contributed by atoms with van der Waals surface area (Å²) in [6.45, 7) is 3.50. The van der Waals surface area contributed by atoms with E-state index >= 15 is 0 Å². The first kappa shape index (κ1) is 17.7. The second kappa shape index (κ2) is 8.80. The van der Waals surface area contributed by atoms with Crippen LogP contribution in [0, 0.1) is 5.92 Å². The number of hydrogen-bond donors (Lipinski definition) is 1. The molecule has 0 aliphatic heterocycles. The van der Waals surface area contributed by atoms with E-state index in [1.54, 1.807) is 0 Å². The fourth-order valence-corrected chi connectivity index (χ4v) is 2.84. The van der Waals surface area contributed by atoms with Crippen molar-refractivity contribution in [1.29, 1.82) is 0 Å². The van der Waals surface area contributed by atoms with Gasteiger partial charge in [-0.1, -0.05) is 48.5 Å². The molecule has 6 heteroatoms. The fraction of sp³-hybridized carbons (Fsp3) is 0.571. The van der Waals surface area contributed by atoms with Crippen molar-refractivity contribution >= 4 is 23.4 Å². The molecule has 0 aliphatic rings. The van der Waals surface area contributed by atoms with Gasteiger partial charge in [-0.05, 0) is 43.5 Å². The third kappa shape index (κ3) is 7.41. The molecular weight excluding hydrogens is 307 g/mol. The summed E-state index contributed by atoms with van der Waals surface area (Å²) in [5.74, 6) is 0.244. The van der Waals surface area contributed by atoms with Crippen LogP contribution >= 0.6 is 23.4 Å². The Labute approximate surface area is 127 Å². The Morgan fingerprint density at radius 3 is 2.60 bits per heavy atom. The largest absolute Gasteiger partial charge is 0.441 e. The van der Waals surface area contributed by atoms with Crippen molar-refractivity contribution in [2.75, 3.05) is 18.8 Å². The van der Waals surface area contributed by atoms with Gasteiger partial charge in [0.05, 0.1) is 0 Å². The van der Waals surface area contributed by atoms with E-state index in [1.165, 1.54) is 0 Å². The summed E-state index contributed by atoms with van der Waals surface area (Å²) in [6, 6.07) is 7.49. The summed E-state index contributed by atoms with van der Waals surface area (Å²) in [5.41, 5.74) is -3.15. The monoisotopic (exact) mass is 325 g/mol. The summed E-state index contributed by atoms with van der Waals surface area (Å²) in [4.78, 5) is 0. The van der Waals surface area contributed by atoms with Crippen molar-refractivity contribution in [3.05, 3.63) is 34.9 Å². The van der Waals surface area contributed by atoms with Crippen LogP contribution in [-0.2, 0) is 6.42 Å². The molecule has 0 aromatic heterocycles. The molecule has 0 bridgehead atoms. The van der Waals surface area contributed by atoms with Crippen molar-refractivity contribution in [2.24, 2.45) is 5.92 Å². The van der Waals surface area contributed by atoms with Gasteiger partial charge < -0.3 is 5.32 Å². The molecule has 1 unspecified atom stereocenters. The third-order valence-corrected chi connectivity index (χ3v) is 4.08. The fourth-order valence-electron chi connectivity index (χ4n) is 1.94. The standard InChI is InChI=1S/C14H19ClF3NS/c1-2-19-10-11(7-8-20-14(16,17)18)9-12-5-3-4-6-13(12)15/h3-6,11,19H,2,7-10H2,1H3. The molecule has 0 radical (unpaired) electrons. The lowest BCUT2D eigenvalue weighted by molar-refractivity contribution is -0.0328. The normalized spacial score (nSPS) is 13.4. The van der Waals surface area contributed by atoms with E-state index in [4.69, 9.17) is 11.6 Å². The van der Waals surface area contributed by atoms with Crippen LogP contribution in [0.15, 0.2) is 24.3 Å². The molecule has 1 N–H and O–H groups in total. The highest BCUT2D eigenvalue weighted by Crippen LogP contribution is 2.32. The van der Waals surface area contributed by atoms with Gasteiger partial charge in [-0.3, -0.25) is 0 Å². The second-order valence-corrected chi connectivity index (χ2v) is 6.12. The van der Waals surface area contributed by atoms with Gasteiger partial charge >= 0.3 is 5.51 Å². The maximum absolute atomic E-state index is 12.2. The van der Waals surface area contributed by atoms with Crippen LogP contribution in [0.5, 0.6) is 0 Å². The maximum Gasteiger partial charge on any atom is 0.441 e. The van der Waals surface area contributed by atoms with E-state index in [1.807, 2.05) is 31.2 Å². The number of hydrogen-bond acceptors (Lipinski definition) is 2. The van der Waals surface area contributed by atoms with Crippen LogP contribution < -0.4 is 5.32 Å². The molecule has 20 heavy (non-hydrogen) atoms. The summed E-state index contributed by atoms with van der Waals surface area (Å²) in [5, 5.41) is 3.88. The topological polar surface area (TPSA) is 12.0 Å². The van der Waals surface area contributed by atoms with Gasteiger partial charge in [0.2, 0.25) is 0 Å². The molecule has 1 aromatic carbocycles. The predicted octanol–water partition coefficient (Wildman–Crippen LogP) is 4.75. The van der Waals surface area contributed by atoms with Crippen molar-refractivity contribution < 1.29 is 13.2 Å². The summed E-state index contributed by atoms with van der Waals surface area (Å²) < 4.78 is 36.5. The molecule has 0 fully saturated rings. The SMILES string of the molecule is CCNCC(CCSC(F)(F)F)Cc1ccccc1Cl. The van der Waals surface area contributed by atoms with Gasteiger partial charge in [-0.25, -0.2) is 0 Å². The lowest BCUT2D eigenvalue weighted by Crippen LogP contribution is -2.25. The molecule has 0 heterocycles. The summed E-state index contributed by atoms with van der Waals surface area (Å²) >= 11 is 6.15. The minimum absolute atomic E-state index is 0.0494. The Bertz CT molecular complexity index is 398. The molecule has 0 saturated carbocycles. The highest BCUT2D eigenvalue weighted by Gasteiger charge is 2.28. The van der Waals surface area contributed by atoms with Crippen LogP contribution in [-0.4, -0.2) is 24.4 Å². The zero-order valence-corrected chi connectivity index (χ0v) is 12.9. The first-order valence-electron chi connectivity index (χ1n) is 6.57. The molecule has 1 rings (SSSR count). The number of thioether (sulfide) groups is 1. The van der Waals surface area contributed by atoms with Crippen LogP contribution in [0.1, 0.15) is 18.9 Å². The summed E-state index contributed by atoms with van der Waals surface area (Å²) in [6.07, 6.45) is 1.22. The van der Waals surface area contributed by atoms with E-state index in [2.05, 4.69) is 5.32 Å². The average molecular weight is 326 g/mol. The zero-order chi connectivity index (χ0) is 15.0. The van der Waals surface area contributed by atoms with Gasteiger partial charge in [0.1, 0.15) is 0 Å². The van der Waals surface area contributed by atoms with E-state index < -0.39 is 5.51 Å². The van der Waals surface area contributed by atoms with Crippen molar-refractivity contribution in [2.45, 2.75) is 25.3 Å². The molecule has 1 nitrogen and oxygen atoms in total.